The van der Waals surface area contributed by atoms with E-state index >= 15 is 0 Å². The zero-order valence-electron chi connectivity index (χ0n) is 19.0. The number of hydrogen-bond donors (Lipinski definition) is 3. The van der Waals surface area contributed by atoms with E-state index in [0.29, 0.717) is 13.1 Å². The van der Waals surface area contributed by atoms with E-state index in [2.05, 4.69) is 38.5 Å². The third-order valence-electron chi connectivity index (χ3n) is 6.55. The van der Waals surface area contributed by atoms with Gasteiger partial charge in [-0.05, 0) is 43.6 Å². The van der Waals surface area contributed by atoms with E-state index in [1.807, 2.05) is 19.3 Å². The molecule has 1 aliphatic heterocycles. The van der Waals surface area contributed by atoms with Crippen LogP contribution in [0.1, 0.15) is 57.4 Å². The minimum atomic E-state index is -0.215. The molecule has 4 N–H and O–H groups in total. The van der Waals surface area contributed by atoms with Gasteiger partial charge >= 0.3 is 0 Å². The molecule has 1 aliphatic carbocycles. The van der Waals surface area contributed by atoms with Gasteiger partial charge in [0.15, 0.2) is 5.96 Å². The van der Waals surface area contributed by atoms with Crippen LogP contribution in [-0.4, -0.2) is 43.5 Å². The first-order valence-corrected chi connectivity index (χ1v) is 11.5. The number of carbonyl (C=O) groups excluding carboxylic acids is 1. The number of pyridine rings is 1. The summed E-state index contributed by atoms with van der Waals surface area (Å²) in [7, 11) is 1.81. The summed E-state index contributed by atoms with van der Waals surface area (Å²) in [4.78, 5) is 22.8. The van der Waals surface area contributed by atoms with Crippen molar-refractivity contribution >= 4 is 41.7 Å². The summed E-state index contributed by atoms with van der Waals surface area (Å²) >= 11 is 0. The second kappa shape index (κ2) is 13.1. The van der Waals surface area contributed by atoms with Crippen LogP contribution in [0.4, 0.5) is 5.82 Å². The average molecular weight is 543 g/mol. The number of nitrogens with two attached hydrogens (primary N) is 1. The van der Waals surface area contributed by atoms with Gasteiger partial charge in [0.05, 0.1) is 5.92 Å². The van der Waals surface area contributed by atoms with Gasteiger partial charge in [0, 0.05) is 45.0 Å². The molecule has 2 aliphatic rings. The molecule has 7 nitrogen and oxygen atoms in total. The molecule has 3 unspecified atom stereocenters. The van der Waals surface area contributed by atoms with Crippen molar-refractivity contribution in [2.24, 2.45) is 28.5 Å². The Balaban J connectivity index is 0.00000341. The van der Waals surface area contributed by atoms with Crippen molar-refractivity contribution in [1.29, 1.82) is 0 Å². The summed E-state index contributed by atoms with van der Waals surface area (Å²) in [5.41, 5.74) is 6.65. The van der Waals surface area contributed by atoms with Gasteiger partial charge in [0.25, 0.3) is 0 Å². The molecular formula is C23H39IN6O. The molecule has 0 radical (unpaired) electrons. The first-order valence-electron chi connectivity index (χ1n) is 11.5. The van der Waals surface area contributed by atoms with E-state index in [-0.39, 0.29) is 35.8 Å². The quantitative estimate of drug-likeness (QED) is 0.279. The molecule has 1 saturated carbocycles. The van der Waals surface area contributed by atoms with Gasteiger partial charge in [-0.25, -0.2) is 4.98 Å². The fourth-order valence-electron chi connectivity index (χ4n) is 4.87. The third kappa shape index (κ3) is 7.80. The van der Waals surface area contributed by atoms with E-state index in [1.165, 1.54) is 32.1 Å². The van der Waals surface area contributed by atoms with E-state index in [4.69, 9.17) is 5.73 Å². The summed E-state index contributed by atoms with van der Waals surface area (Å²) in [6, 6.07) is 4.04. The summed E-state index contributed by atoms with van der Waals surface area (Å²) in [6.45, 7) is 5.51. The number of nitrogens with zero attached hydrogens (tertiary/aromatic N) is 3. The number of amides is 1. The molecule has 3 atom stereocenters. The minimum Gasteiger partial charge on any atom is -0.369 e. The van der Waals surface area contributed by atoms with Crippen LogP contribution in [0.2, 0.25) is 0 Å². The second-order valence-corrected chi connectivity index (χ2v) is 8.95. The molecular weight excluding hydrogens is 503 g/mol. The van der Waals surface area contributed by atoms with Crippen molar-refractivity contribution in [2.75, 3.05) is 31.6 Å². The zero-order chi connectivity index (χ0) is 21.3. The number of anilines is 1. The van der Waals surface area contributed by atoms with Crippen LogP contribution in [0.25, 0.3) is 0 Å². The van der Waals surface area contributed by atoms with Gasteiger partial charge < -0.3 is 21.3 Å². The predicted molar refractivity (Wildman–Crippen MR) is 138 cm³/mol. The average Bonchev–Trinajstić information content (AvgIpc) is 2.76. The summed E-state index contributed by atoms with van der Waals surface area (Å²) < 4.78 is 0. The third-order valence-corrected chi connectivity index (χ3v) is 6.55. The number of aliphatic imine (C=N–C) groups is 1. The number of piperidine rings is 1. The molecule has 31 heavy (non-hydrogen) atoms. The van der Waals surface area contributed by atoms with E-state index < -0.39 is 0 Å². The molecule has 0 bridgehead atoms. The lowest BCUT2D eigenvalue weighted by Gasteiger charge is -2.33. The Kier molecular flexibility index (Phi) is 10.8. The van der Waals surface area contributed by atoms with Gasteiger partial charge in [-0.3, -0.25) is 9.79 Å². The Bertz CT molecular complexity index is 728. The molecule has 1 aromatic rings. The lowest BCUT2D eigenvalue weighted by molar-refractivity contribution is -0.122. The van der Waals surface area contributed by atoms with Crippen molar-refractivity contribution in [2.45, 2.75) is 58.4 Å². The fraction of sp³-hybridized carbons (Fsp3) is 0.696. The van der Waals surface area contributed by atoms with Gasteiger partial charge in [-0.1, -0.05) is 32.3 Å². The summed E-state index contributed by atoms with van der Waals surface area (Å²) in [6.07, 6.45) is 10.3. The number of rotatable bonds is 7. The number of nitrogens with one attached hydrogen (secondary N) is 2. The van der Waals surface area contributed by atoms with Crippen LogP contribution in [0.5, 0.6) is 0 Å². The first-order chi connectivity index (χ1) is 14.6. The molecule has 2 fully saturated rings. The van der Waals surface area contributed by atoms with Crippen LogP contribution < -0.4 is 21.3 Å². The molecule has 174 valence electrons. The van der Waals surface area contributed by atoms with E-state index in [9.17, 15) is 4.79 Å². The van der Waals surface area contributed by atoms with Crippen LogP contribution >= 0.6 is 24.0 Å². The number of hydrogen-bond acceptors (Lipinski definition) is 4. The molecule has 1 amide bonds. The van der Waals surface area contributed by atoms with Crippen LogP contribution in [0.3, 0.4) is 0 Å². The van der Waals surface area contributed by atoms with Crippen molar-refractivity contribution in [3.05, 3.63) is 23.9 Å². The molecule has 1 saturated heterocycles. The molecule has 1 aromatic heterocycles. The van der Waals surface area contributed by atoms with Gasteiger partial charge in [-0.2, -0.15) is 0 Å². The molecule has 8 heteroatoms. The van der Waals surface area contributed by atoms with Crippen molar-refractivity contribution in [3.8, 4) is 0 Å². The Morgan fingerprint density at radius 3 is 2.87 bits per heavy atom. The lowest BCUT2D eigenvalue weighted by atomic mass is 9.81. The van der Waals surface area contributed by atoms with E-state index in [0.717, 1.165) is 55.1 Å². The number of halogens is 1. The number of carbonyl (C=O) groups is 1. The fourth-order valence-corrected chi connectivity index (χ4v) is 4.87. The smallest absolute Gasteiger partial charge is 0.222 e. The molecule has 0 spiro atoms. The number of primary amides is 1. The number of guanidine groups is 1. The van der Waals surface area contributed by atoms with Crippen molar-refractivity contribution in [3.63, 3.8) is 0 Å². The lowest BCUT2D eigenvalue weighted by Crippen LogP contribution is -2.42. The largest absolute Gasteiger partial charge is 0.369 e. The first kappa shape index (κ1) is 25.7. The zero-order valence-corrected chi connectivity index (χ0v) is 21.3. The molecule has 0 aromatic carbocycles. The van der Waals surface area contributed by atoms with Gasteiger partial charge in [0.2, 0.25) is 5.91 Å². The van der Waals surface area contributed by atoms with E-state index in [1.54, 1.807) is 0 Å². The van der Waals surface area contributed by atoms with Crippen LogP contribution in [0.15, 0.2) is 23.3 Å². The Morgan fingerprint density at radius 1 is 1.29 bits per heavy atom. The highest BCUT2D eigenvalue weighted by atomic mass is 127. The second-order valence-electron chi connectivity index (χ2n) is 8.95. The highest BCUT2D eigenvalue weighted by molar-refractivity contribution is 14.0. The summed E-state index contributed by atoms with van der Waals surface area (Å²) in [5, 5.41) is 6.89. The maximum absolute atomic E-state index is 11.6. The van der Waals surface area contributed by atoms with Crippen molar-refractivity contribution in [1.82, 2.24) is 15.6 Å². The SMILES string of the molecule is CN=C(NCCC1CCCC(C)C1)NCc1cccnc1N1CCCC(C(N)=O)C1.I. The highest BCUT2D eigenvalue weighted by Gasteiger charge is 2.26. The molecule has 3 rings (SSSR count). The molecule has 2 heterocycles. The number of aromatic nitrogens is 1. The maximum Gasteiger partial charge on any atom is 0.222 e. The van der Waals surface area contributed by atoms with Gasteiger partial charge in [0.1, 0.15) is 5.82 Å². The van der Waals surface area contributed by atoms with Crippen LogP contribution in [-0.2, 0) is 11.3 Å². The van der Waals surface area contributed by atoms with Crippen LogP contribution in [0, 0.1) is 17.8 Å². The monoisotopic (exact) mass is 542 g/mol. The topological polar surface area (TPSA) is 95.6 Å². The maximum atomic E-state index is 11.6. The summed E-state index contributed by atoms with van der Waals surface area (Å²) in [5.74, 6) is 3.14. The standard InChI is InChI=1S/C23H38N6O.HI/c1-17-6-3-7-18(14-17)10-12-27-23(25-2)28-15-19-8-4-11-26-22(19)29-13-5-9-20(16-29)21(24)30;/h4,8,11,17-18,20H,3,5-7,9-10,12-16H2,1-2H3,(H2,24,30)(H2,25,27,28);1H. The van der Waals surface area contributed by atoms with Gasteiger partial charge in [-0.15, -0.1) is 24.0 Å². The van der Waals surface area contributed by atoms with Crippen molar-refractivity contribution < 1.29 is 4.79 Å². The minimum absolute atomic E-state index is 0. The predicted octanol–water partition coefficient (Wildman–Crippen LogP) is 3.28. The Hall–Kier alpha value is -1.58. The Morgan fingerprint density at radius 2 is 2.13 bits per heavy atom. The normalized spacial score (nSPS) is 24.3. The highest BCUT2D eigenvalue weighted by Crippen LogP contribution is 2.30. The Labute approximate surface area is 204 Å².